The number of nitrogens with one attached hydrogen (secondary N) is 1. The Labute approximate surface area is 131 Å². The van der Waals surface area contributed by atoms with Crippen molar-refractivity contribution in [1.29, 1.82) is 0 Å². The van der Waals surface area contributed by atoms with Crippen LogP contribution in [0.3, 0.4) is 0 Å². The molecule has 2 rings (SSSR count). The van der Waals surface area contributed by atoms with Crippen LogP contribution in [-0.4, -0.2) is 46.9 Å². The summed E-state index contributed by atoms with van der Waals surface area (Å²) in [6.07, 6.45) is 5.16. The van der Waals surface area contributed by atoms with Crippen molar-refractivity contribution in [3.63, 3.8) is 0 Å². The Hall–Kier alpha value is -1.63. The monoisotopic (exact) mass is 310 g/mol. The first-order chi connectivity index (χ1) is 10.7. The van der Waals surface area contributed by atoms with Gasteiger partial charge in [-0.1, -0.05) is 12.1 Å². The van der Waals surface area contributed by atoms with Crippen molar-refractivity contribution < 1.29 is 14.1 Å². The summed E-state index contributed by atoms with van der Waals surface area (Å²) in [7, 11) is 0. The predicted octanol–water partition coefficient (Wildman–Crippen LogP) is 2.12. The van der Waals surface area contributed by atoms with Crippen LogP contribution in [0.2, 0.25) is 0 Å². The summed E-state index contributed by atoms with van der Waals surface area (Å²) in [5.41, 5.74) is 0. The van der Waals surface area contributed by atoms with E-state index in [1.165, 1.54) is 6.42 Å². The highest BCUT2D eigenvalue weighted by atomic mass is 16.5. The molecule has 1 aliphatic rings. The first kappa shape index (κ1) is 16.7. The number of ether oxygens (including phenoxy) is 1. The second-order valence-electron chi connectivity index (χ2n) is 5.54. The third-order valence-corrected chi connectivity index (χ3v) is 3.73. The van der Waals surface area contributed by atoms with Crippen LogP contribution in [-0.2, 0) is 17.7 Å². The summed E-state index contributed by atoms with van der Waals surface area (Å²) in [4.78, 5) is 18.2. The molecule has 0 aliphatic carbocycles. The number of carbonyl (C=O) groups excluding carboxylic acids is 1. The Bertz CT molecular complexity index is 457. The third-order valence-electron chi connectivity index (χ3n) is 3.73. The maximum absolute atomic E-state index is 12.2. The van der Waals surface area contributed by atoms with E-state index in [0.717, 1.165) is 32.3 Å². The fourth-order valence-corrected chi connectivity index (χ4v) is 2.45. The van der Waals surface area contributed by atoms with Gasteiger partial charge in [-0.3, -0.25) is 0 Å². The number of urea groups is 1. The molecule has 1 fully saturated rings. The van der Waals surface area contributed by atoms with Gasteiger partial charge in [0.25, 0.3) is 0 Å². The Kier molecular flexibility index (Phi) is 6.64. The van der Waals surface area contributed by atoms with Gasteiger partial charge < -0.3 is 19.5 Å². The summed E-state index contributed by atoms with van der Waals surface area (Å²) in [5, 5.41) is 6.85. The van der Waals surface area contributed by atoms with Gasteiger partial charge in [-0.25, -0.2) is 4.79 Å². The van der Waals surface area contributed by atoms with Gasteiger partial charge in [0.15, 0.2) is 5.82 Å². The largest absolute Gasteiger partial charge is 0.376 e. The number of nitrogens with zero attached hydrogens (tertiary/aromatic N) is 3. The fourth-order valence-electron chi connectivity index (χ4n) is 2.45. The lowest BCUT2D eigenvalue weighted by molar-refractivity contribution is 0.0177. The smallest absolute Gasteiger partial charge is 0.317 e. The zero-order valence-corrected chi connectivity index (χ0v) is 13.5. The van der Waals surface area contributed by atoms with E-state index in [1.807, 2.05) is 6.92 Å². The highest BCUT2D eigenvalue weighted by molar-refractivity contribution is 5.74. The topological polar surface area (TPSA) is 80.5 Å². The Morgan fingerprint density at radius 3 is 2.95 bits per heavy atom. The van der Waals surface area contributed by atoms with E-state index in [9.17, 15) is 4.79 Å². The lowest BCUT2D eigenvalue weighted by Gasteiger charge is -2.25. The van der Waals surface area contributed by atoms with Gasteiger partial charge in [0.1, 0.15) is 0 Å². The molecule has 0 bridgehead atoms. The normalized spacial score (nSPS) is 18.2. The zero-order valence-electron chi connectivity index (χ0n) is 13.5. The lowest BCUT2D eigenvalue weighted by Crippen LogP contribution is -2.43. The summed E-state index contributed by atoms with van der Waals surface area (Å²) >= 11 is 0. The second kappa shape index (κ2) is 8.73. The molecule has 1 unspecified atom stereocenters. The van der Waals surface area contributed by atoms with Crippen LogP contribution in [0.25, 0.3) is 0 Å². The van der Waals surface area contributed by atoms with E-state index in [4.69, 9.17) is 9.26 Å². The Morgan fingerprint density at radius 2 is 2.27 bits per heavy atom. The fraction of sp³-hybridized carbons (Fsp3) is 0.800. The highest BCUT2D eigenvalue weighted by Crippen LogP contribution is 2.12. The summed E-state index contributed by atoms with van der Waals surface area (Å²) in [6, 6.07) is -0.112. The number of carbonyl (C=O) groups is 1. The molecular weight excluding hydrogens is 284 g/mol. The molecule has 0 radical (unpaired) electrons. The SMILES string of the molecule is CCCc1nc(CN(CC)C(=O)NCC2CCCCO2)no1. The van der Waals surface area contributed by atoms with E-state index in [1.54, 1.807) is 4.90 Å². The molecule has 0 aromatic carbocycles. The molecule has 124 valence electrons. The van der Waals surface area contributed by atoms with Crippen molar-refractivity contribution in [2.24, 2.45) is 0 Å². The molecule has 7 nitrogen and oxygen atoms in total. The van der Waals surface area contributed by atoms with Crippen molar-refractivity contribution in [2.75, 3.05) is 19.7 Å². The lowest BCUT2D eigenvalue weighted by atomic mass is 10.1. The van der Waals surface area contributed by atoms with Gasteiger partial charge >= 0.3 is 6.03 Å². The number of rotatable bonds is 7. The van der Waals surface area contributed by atoms with Crippen LogP contribution in [0, 0.1) is 0 Å². The van der Waals surface area contributed by atoms with Crippen molar-refractivity contribution in [3.05, 3.63) is 11.7 Å². The van der Waals surface area contributed by atoms with Crippen LogP contribution in [0.5, 0.6) is 0 Å². The molecule has 1 N–H and O–H groups in total. The zero-order chi connectivity index (χ0) is 15.8. The maximum Gasteiger partial charge on any atom is 0.317 e. The quantitative estimate of drug-likeness (QED) is 0.834. The third kappa shape index (κ3) is 4.98. The second-order valence-corrected chi connectivity index (χ2v) is 5.54. The minimum atomic E-state index is -0.112. The predicted molar refractivity (Wildman–Crippen MR) is 81.4 cm³/mol. The van der Waals surface area contributed by atoms with E-state index < -0.39 is 0 Å². The Balaban J connectivity index is 1.79. The first-order valence-corrected chi connectivity index (χ1v) is 8.18. The van der Waals surface area contributed by atoms with Crippen molar-refractivity contribution in [1.82, 2.24) is 20.4 Å². The van der Waals surface area contributed by atoms with E-state index in [0.29, 0.717) is 31.3 Å². The van der Waals surface area contributed by atoms with Gasteiger partial charge in [-0.2, -0.15) is 4.98 Å². The van der Waals surface area contributed by atoms with Gasteiger partial charge in [-0.15, -0.1) is 0 Å². The molecule has 1 aromatic rings. The number of aromatic nitrogens is 2. The van der Waals surface area contributed by atoms with Gasteiger partial charge in [0.2, 0.25) is 5.89 Å². The van der Waals surface area contributed by atoms with E-state index in [-0.39, 0.29) is 12.1 Å². The van der Waals surface area contributed by atoms with Crippen molar-refractivity contribution in [3.8, 4) is 0 Å². The first-order valence-electron chi connectivity index (χ1n) is 8.18. The number of hydrogen-bond donors (Lipinski definition) is 1. The van der Waals surface area contributed by atoms with Gasteiger partial charge in [-0.05, 0) is 32.6 Å². The maximum atomic E-state index is 12.2. The molecular formula is C15H26N4O3. The van der Waals surface area contributed by atoms with Gasteiger partial charge in [0, 0.05) is 26.1 Å². The minimum Gasteiger partial charge on any atom is -0.376 e. The molecule has 1 aromatic heterocycles. The molecule has 1 aliphatic heterocycles. The molecule has 1 saturated heterocycles. The summed E-state index contributed by atoms with van der Waals surface area (Å²) in [5.74, 6) is 1.18. The number of amides is 2. The number of hydrogen-bond acceptors (Lipinski definition) is 5. The molecule has 1 atom stereocenters. The average Bonchev–Trinajstić information content (AvgIpc) is 2.99. The molecule has 0 spiro atoms. The summed E-state index contributed by atoms with van der Waals surface area (Å²) < 4.78 is 10.8. The minimum absolute atomic E-state index is 0.112. The highest BCUT2D eigenvalue weighted by Gasteiger charge is 2.18. The standard InChI is InChI=1S/C15H26N4O3/c1-3-7-14-17-13(18-22-14)11-19(4-2)15(20)16-10-12-8-5-6-9-21-12/h12H,3-11H2,1-2H3,(H,16,20). The van der Waals surface area contributed by atoms with Crippen LogP contribution in [0.15, 0.2) is 4.52 Å². The van der Waals surface area contributed by atoms with E-state index in [2.05, 4.69) is 22.4 Å². The Morgan fingerprint density at radius 1 is 1.41 bits per heavy atom. The van der Waals surface area contributed by atoms with Crippen LogP contribution >= 0.6 is 0 Å². The van der Waals surface area contributed by atoms with Gasteiger partial charge in [0.05, 0.1) is 12.6 Å². The number of aryl methyl sites for hydroxylation is 1. The average molecular weight is 310 g/mol. The van der Waals surface area contributed by atoms with E-state index >= 15 is 0 Å². The molecule has 22 heavy (non-hydrogen) atoms. The van der Waals surface area contributed by atoms with Crippen LogP contribution in [0.4, 0.5) is 4.79 Å². The summed E-state index contributed by atoms with van der Waals surface area (Å²) in [6.45, 7) is 6.30. The molecule has 0 saturated carbocycles. The van der Waals surface area contributed by atoms with Crippen molar-refractivity contribution >= 4 is 6.03 Å². The molecule has 7 heteroatoms. The van der Waals surface area contributed by atoms with Crippen molar-refractivity contribution in [2.45, 2.75) is 58.6 Å². The molecule has 2 heterocycles. The molecule has 2 amide bonds. The van der Waals surface area contributed by atoms with Crippen LogP contribution in [0.1, 0.15) is 51.2 Å². The van der Waals surface area contributed by atoms with Crippen LogP contribution < -0.4 is 5.32 Å².